The monoisotopic (exact) mass is 334 g/mol. The number of benzene rings is 1. The van der Waals surface area contributed by atoms with Crippen LogP contribution in [0.25, 0.3) is 0 Å². The lowest BCUT2D eigenvalue weighted by Gasteiger charge is -2.30. The first-order valence-corrected chi connectivity index (χ1v) is 8.90. The van der Waals surface area contributed by atoms with E-state index in [1.807, 2.05) is 0 Å². The van der Waals surface area contributed by atoms with Crippen molar-refractivity contribution in [3.05, 3.63) is 23.8 Å². The molecule has 0 aliphatic heterocycles. The Kier molecular flexibility index (Phi) is 10.8. The van der Waals surface area contributed by atoms with Crippen LogP contribution in [0.2, 0.25) is 0 Å². The molecule has 0 radical (unpaired) electrons. The highest BCUT2D eigenvalue weighted by Crippen LogP contribution is 2.30. The second-order valence-electron chi connectivity index (χ2n) is 7.28. The molecule has 0 bridgehead atoms. The predicted molar refractivity (Wildman–Crippen MR) is 101 cm³/mol. The predicted octanol–water partition coefficient (Wildman–Crippen LogP) is 4.71. The fraction of sp³-hybridized carbons (Fsp3) is 0.650. The summed E-state index contributed by atoms with van der Waals surface area (Å²) in [7, 11) is 0. The zero-order valence-electron chi connectivity index (χ0n) is 16.1. The van der Waals surface area contributed by atoms with E-state index in [0.29, 0.717) is 17.8 Å². The summed E-state index contributed by atoms with van der Waals surface area (Å²) in [4.78, 5) is 18.7. The Morgan fingerprint density at radius 2 is 1.54 bits per heavy atom. The number of hydrogen-bond acceptors (Lipinski definition) is 4. The second kappa shape index (κ2) is 11.7. The molecule has 4 heteroatoms. The number of hydrogen-bond donors (Lipinski definition) is 1. The van der Waals surface area contributed by atoms with E-state index in [1.165, 1.54) is 24.1 Å². The van der Waals surface area contributed by atoms with E-state index in [2.05, 4.69) is 64.6 Å². The van der Waals surface area contributed by atoms with Gasteiger partial charge in [0, 0.05) is 13.1 Å². The van der Waals surface area contributed by atoms with Crippen LogP contribution >= 0.6 is 0 Å². The molecule has 136 valence electrons. The minimum Gasteiger partial charge on any atom is -0.397 e. The van der Waals surface area contributed by atoms with Crippen molar-refractivity contribution in [2.24, 2.45) is 11.8 Å². The van der Waals surface area contributed by atoms with Gasteiger partial charge in [-0.25, -0.2) is 0 Å². The summed E-state index contributed by atoms with van der Waals surface area (Å²) in [5.74, 6) is 1.87. The van der Waals surface area contributed by atoms with Crippen LogP contribution in [-0.2, 0) is 9.59 Å². The van der Waals surface area contributed by atoms with E-state index in [-0.39, 0.29) is 6.15 Å². The van der Waals surface area contributed by atoms with Crippen molar-refractivity contribution in [3.63, 3.8) is 0 Å². The number of carbonyl (C=O) groups excluding carboxylic acids is 2. The standard InChI is InChI=1S/C19H34N2.CO2/c1-7-8-16(6)17-9-10-19(18(20)11-17)21(12-14(2)3)13-15(4)5;2-1-3/h9-11,14-16H,7-8,12-13,20H2,1-6H3;. The Morgan fingerprint density at radius 3 is 1.92 bits per heavy atom. The van der Waals surface area contributed by atoms with Crippen LogP contribution in [0.1, 0.15) is 65.9 Å². The minimum atomic E-state index is 0.250. The number of nitrogens with two attached hydrogens (primary N) is 1. The van der Waals surface area contributed by atoms with Gasteiger partial charge in [0.1, 0.15) is 0 Å². The first kappa shape index (κ1) is 22.2. The SMILES string of the molecule is CCCC(C)c1ccc(N(CC(C)C)CC(C)C)c(N)c1.O=C=O. The smallest absolute Gasteiger partial charge is 0.373 e. The summed E-state index contributed by atoms with van der Waals surface area (Å²) in [6.07, 6.45) is 2.69. The molecule has 24 heavy (non-hydrogen) atoms. The maximum Gasteiger partial charge on any atom is 0.373 e. The largest absolute Gasteiger partial charge is 0.397 e. The molecule has 0 aromatic heterocycles. The molecule has 0 saturated heterocycles. The van der Waals surface area contributed by atoms with Gasteiger partial charge in [0.2, 0.25) is 0 Å². The fourth-order valence-corrected chi connectivity index (χ4v) is 2.92. The topological polar surface area (TPSA) is 63.4 Å². The van der Waals surface area contributed by atoms with Crippen LogP contribution in [-0.4, -0.2) is 19.2 Å². The van der Waals surface area contributed by atoms with Gasteiger partial charge in [-0.2, -0.15) is 9.59 Å². The van der Waals surface area contributed by atoms with Crippen molar-refractivity contribution < 1.29 is 9.59 Å². The molecule has 2 N–H and O–H groups in total. The van der Waals surface area contributed by atoms with E-state index in [4.69, 9.17) is 15.3 Å². The fourth-order valence-electron chi connectivity index (χ4n) is 2.92. The highest BCUT2D eigenvalue weighted by molar-refractivity contribution is 5.68. The van der Waals surface area contributed by atoms with Gasteiger partial charge in [0.05, 0.1) is 11.4 Å². The highest BCUT2D eigenvalue weighted by atomic mass is 16.2. The third-order valence-electron chi connectivity index (χ3n) is 3.85. The molecular weight excluding hydrogens is 300 g/mol. The van der Waals surface area contributed by atoms with Crippen molar-refractivity contribution in [2.45, 2.75) is 60.3 Å². The Morgan fingerprint density at radius 1 is 1.04 bits per heavy atom. The van der Waals surface area contributed by atoms with Crippen LogP contribution in [0, 0.1) is 11.8 Å². The minimum absolute atomic E-state index is 0.250. The summed E-state index contributed by atoms with van der Waals surface area (Å²) in [5.41, 5.74) is 9.86. The molecule has 0 aliphatic carbocycles. The normalized spacial score (nSPS) is 11.7. The van der Waals surface area contributed by atoms with Crippen LogP contribution in [0.3, 0.4) is 0 Å². The molecule has 0 spiro atoms. The van der Waals surface area contributed by atoms with Gasteiger partial charge < -0.3 is 10.6 Å². The van der Waals surface area contributed by atoms with Crippen molar-refractivity contribution in [3.8, 4) is 0 Å². The van der Waals surface area contributed by atoms with Crippen LogP contribution in [0.4, 0.5) is 11.4 Å². The van der Waals surface area contributed by atoms with E-state index >= 15 is 0 Å². The lowest BCUT2D eigenvalue weighted by molar-refractivity contribution is -0.191. The average Bonchev–Trinajstić information content (AvgIpc) is 2.46. The van der Waals surface area contributed by atoms with Crippen molar-refractivity contribution >= 4 is 17.5 Å². The number of nitrogens with zero attached hydrogens (tertiary/aromatic N) is 1. The lowest BCUT2D eigenvalue weighted by atomic mass is 9.95. The average molecular weight is 335 g/mol. The van der Waals surface area contributed by atoms with Crippen molar-refractivity contribution in [1.29, 1.82) is 0 Å². The third kappa shape index (κ3) is 8.16. The quantitative estimate of drug-likeness (QED) is 0.699. The molecule has 1 atom stereocenters. The number of nitrogen functional groups attached to an aromatic ring is 1. The van der Waals surface area contributed by atoms with Crippen molar-refractivity contribution in [2.75, 3.05) is 23.7 Å². The molecule has 0 heterocycles. The number of anilines is 2. The molecule has 1 rings (SSSR count). The summed E-state index contributed by atoms with van der Waals surface area (Å²) in [5, 5.41) is 0. The summed E-state index contributed by atoms with van der Waals surface area (Å²) in [6.45, 7) is 15.7. The molecule has 0 amide bonds. The molecule has 1 unspecified atom stereocenters. The van der Waals surface area contributed by atoms with Gasteiger partial charge in [-0.3, -0.25) is 0 Å². The molecule has 1 aromatic rings. The van der Waals surface area contributed by atoms with E-state index in [0.717, 1.165) is 18.8 Å². The van der Waals surface area contributed by atoms with Gasteiger partial charge in [-0.05, 0) is 41.9 Å². The molecule has 0 aliphatic rings. The summed E-state index contributed by atoms with van der Waals surface area (Å²) < 4.78 is 0. The Hall–Kier alpha value is -1.80. The molecule has 0 fully saturated rings. The van der Waals surface area contributed by atoms with E-state index < -0.39 is 0 Å². The van der Waals surface area contributed by atoms with Crippen LogP contribution < -0.4 is 10.6 Å². The van der Waals surface area contributed by atoms with Gasteiger partial charge in [-0.1, -0.05) is 54.0 Å². The summed E-state index contributed by atoms with van der Waals surface area (Å²) in [6, 6.07) is 6.67. The number of rotatable bonds is 8. The lowest BCUT2D eigenvalue weighted by Crippen LogP contribution is -2.31. The Balaban J connectivity index is 0.00000163. The first-order chi connectivity index (χ1) is 11.3. The zero-order valence-corrected chi connectivity index (χ0v) is 16.1. The van der Waals surface area contributed by atoms with E-state index in [9.17, 15) is 0 Å². The maximum absolute atomic E-state index is 8.12. The van der Waals surface area contributed by atoms with Gasteiger partial charge in [0.25, 0.3) is 0 Å². The summed E-state index contributed by atoms with van der Waals surface area (Å²) >= 11 is 0. The first-order valence-electron chi connectivity index (χ1n) is 8.90. The third-order valence-corrected chi connectivity index (χ3v) is 3.85. The van der Waals surface area contributed by atoms with Gasteiger partial charge in [0.15, 0.2) is 0 Å². The van der Waals surface area contributed by atoms with Crippen LogP contribution in [0.5, 0.6) is 0 Å². The van der Waals surface area contributed by atoms with Gasteiger partial charge in [-0.15, -0.1) is 0 Å². The molecular formula is C20H34N2O2. The maximum atomic E-state index is 8.12. The van der Waals surface area contributed by atoms with Crippen LogP contribution in [0.15, 0.2) is 18.2 Å². The van der Waals surface area contributed by atoms with Gasteiger partial charge >= 0.3 is 6.15 Å². The molecule has 4 nitrogen and oxygen atoms in total. The van der Waals surface area contributed by atoms with E-state index in [1.54, 1.807) is 0 Å². The Bertz CT molecular complexity index is 496. The van der Waals surface area contributed by atoms with Crippen molar-refractivity contribution in [1.82, 2.24) is 0 Å². The highest BCUT2D eigenvalue weighted by Gasteiger charge is 2.14. The Labute approximate surface area is 147 Å². The second-order valence-corrected chi connectivity index (χ2v) is 7.28. The molecule has 1 aromatic carbocycles. The molecule has 0 saturated carbocycles. The zero-order chi connectivity index (χ0) is 18.7.